The molecule has 2 fully saturated rings. The van der Waals surface area contributed by atoms with Crippen molar-refractivity contribution in [2.75, 3.05) is 0 Å². The Morgan fingerprint density at radius 2 is 1.67 bits per heavy atom. The van der Waals surface area contributed by atoms with Crippen molar-refractivity contribution >= 4 is 0 Å². The highest BCUT2D eigenvalue weighted by Gasteiger charge is 2.51. The summed E-state index contributed by atoms with van der Waals surface area (Å²) in [5, 5.41) is 15.0. The first kappa shape index (κ1) is 21.9. The zero-order valence-electron chi connectivity index (χ0n) is 17.0. The van der Waals surface area contributed by atoms with Crippen LogP contribution in [0.25, 0.3) is 10.4 Å². The number of hydrogen-bond donors (Lipinski definition) is 0. The van der Waals surface area contributed by atoms with E-state index >= 15 is 0 Å². The van der Waals surface area contributed by atoms with Gasteiger partial charge in [0.05, 0.1) is 23.2 Å². The summed E-state index contributed by atoms with van der Waals surface area (Å²) >= 11 is 0. The Labute approximate surface area is 160 Å². The van der Waals surface area contributed by atoms with Crippen molar-refractivity contribution in [2.24, 2.45) is 28.8 Å². The fourth-order valence-electron chi connectivity index (χ4n) is 4.33. The molecule has 0 aromatic rings. The Kier molecular flexibility index (Phi) is 7.45. The molecule has 0 N–H and O–H groups in total. The van der Waals surface area contributed by atoms with Crippen molar-refractivity contribution in [3.63, 3.8) is 0 Å². The van der Waals surface area contributed by atoms with Crippen LogP contribution in [0.1, 0.15) is 54.4 Å². The van der Waals surface area contributed by atoms with E-state index in [0.717, 1.165) is 6.42 Å². The van der Waals surface area contributed by atoms with Gasteiger partial charge in [-0.15, -0.1) is 0 Å². The predicted octanol–water partition coefficient (Wildman–Crippen LogP) is 4.14. The monoisotopic (exact) mass is 384 g/mol. The largest absolute Gasteiger partial charge is 0.349 e. The molecule has 10 atom stereocenters. The first-order valence-electron chi connectivity index (χ1n) is 9.90. The number of azide groups is 1. The zero-order chi connectivity index (χ0) is 20.3. The maximum absolute atomic E-state index is 11.4. The Morgan fingerprint density at radius 3 is 2.19 bits per heavy atom. The molecule has 2 saturated heterocycles. The van der Waals surface area contributed by atoms with Gasteiger partial charge >= 0.3 is 6.23 Å². The molecule has 2 aliphatic rings. The van der Waals surface area contributed by atoms with Gasteiger partial charge in [-0.1, -0.05) is 46.7 Å². The van der Waals surface area contributed by atoms with Crippen molar-refractivity contribution in [1.29, 1.82) is 0 Å². The van der Waals surface area contributed by atoms with E-state index in [2.05, 4.69) is 37.7 Å². The molecule has 0 aliphatic carbocycles. The summed E-state index contributed by atoms with van der Waals surface area (Å²) in [6.45, 7) is 12.3. The summed E-state index contributed by atoms with van der Waals surface area (Å²) in [5.41, 5.74) is 8.85. The van der Waals surface area contributed by atoms with Crippen molar-refractivity contribution in [3.8, 4) is 0 Å². The first-order valence-corrected chi connectivity index (χ1v) is 9.90. The van der Waals surface area contributed by atoms with Gasteiger partial charge in [0.2, 0.25) is 0 Å². The minimum Gasteiger partial charge on any atom is -0.349 e. The van der Waals surface area contributed by atoms with Gasteiger partial charge in [0, 0.05) is 16.7 Å². The molecule has 2 aliphatic heterocycles. The summed E-state index contributed by atoms with van der Waals surface area (Å²) < 4.78 is 18.3. The fourth-order valence-corrected chi connectivity index (χ4v) is 4.33. The van der Waals surface area contributed by atoms with Gasteiger partial charge < -0.3 is 14.2 Å². The standard InChI is InChI=1S/C18H32N4O5/c1-7-13-10(4)9(3)11(5)18(26-13)27-16-12(6)15(20-21-19)17(22(23)24)25-14(16)8-2/h9-18H,7-8H2,1-6H3/t9-,10-,11?,12+,13?,14?,15?,16-,17-,18-/m0/s1. The second kappa shape index (κ2) is 9.19. The highest BCUT2D eigenvalue weighted by molar-refractivity contribution is 4.93. The molecular weight excluding hydrogens is 352 g/mol. The second-order valence-electron chi connectivity index (χ2n) is 7.94. The van der Waals surface area contributed by atoms with Crippen LogP contribution in [0, 0.1) is 33.8 Å². The van der Waals surface area contributed by atoms with E-state index in [9.17, 15) is 10.1 Å². The lowest BCUT2D eigenvalue weighted by Gasteiger charge is -2.47. The lowest BCUT2D eigenvalue weighted by Crippen LogP contribution is -2.58. The molecule has 0 spiro atoms. The van der Waals surface area contributed by atoms with Gasteiger partial charge in [0.25, 0.3) is 0 Å². The molecule has 0 aromatic heterocycles. The number of hydrogen-bond acceptors (Lipinski definition) is 6. The van der Waals surface area contributed by atoms with Crippen LogP contribution >= 0.6 is 0 Å². The van der Waals surface area contributed by atoms with Crippen LogP contribution in [0.5, 0.6) is 0 Å². The quantitative estimate of drug-likeness (QED) is 0.224. The van der Waals surface area contributed by atoms with Gasteiger partial charge in [0.15, 0.2) is 6.29 Å². The third-order valence-corrected chi connectivity index (χ3v) is 6.50. The molecule has 2 rings (SSSR count). The normalized spacial score (nSPS) is 45.1. The smallest absolute Gasteiger partial charge is 0.324 e. The summed E-state index contributed by atoms with van der Waals surface area (Å²) in [4.78, 5) is 13.7. The van der Waals surface area contributed by atoms with Crippen molar-refractivity contribution in [2.45, 2.75) is 91.3 Å². The van der Waals surface area contributed by atoms with Crippen LogP contribution in [-0.2, 0) is 14.2 Å². The molecule has 0 saturated carbocycles. The maximum Gasteiger partial charge on any atom is 0.324 e. The van der Waals surface area contributed by atoms with E-state index in [0.29, 0.717) is 18.3 Å². The minimum atomic E-state index is -1.35. The summed E-state index contributed by atoms with van der Waals surface area (Å²) in [7, 11) is 0. The van der Waals surface area contributed by atoms with E-state index in [1.807, 2.05) is 13.8 Å². The Balaban J connectivity index is 2.24. The predicted molar refractivity (Wildman–Crippen MR) is 99.4 cm³/mol. The molecule has 0 radical (unpaired) electrons. The van der Waals surface area contributed by atoms with Gasteiger partial charge in [0.1, 0.15) is 6.04 Å². The SMILES string of the molecule is CCC1O[C@@H](O[C@@H]2C(CC)O[C@H]([N+](=O)[O-])C(N=[N+]=[N-])[C@H]2C)C(C)[C@@H](C)[C@@H]1C. The van der Waals surface area contributed by atoms with Crippen LogP contribution in [0.3, 0.4) is 0 Å². The molecule has 9 heteroatoms. The number of rotatable bonds is 6. The summed E-state index contributed by atoms with van der Waals surface area (Å²) in [6, 6.07) is -0.921. The molecule has 2 heterocycles. The molecule has 0 aromatic carbocycles. The zero-order valence-corrected chi connectivity index (χ0v) is 17.0. The number of nitro groups is 1. The van der Waals surface area contributed by atoms with Crippen molar-refractivity contribution < 1.29 is 19.1 Å². The summed E-state index contributed by atoms with van der Waals surface area (Å²) in [5.74, 6) is 0.675. The Morgan fingerprint density at radius 1 is 1.04 bits per heavy atom. The summed E-state index contributed by atoms with van der Waals surface area (Å²) in [6.07, 6.45) is -1.08. The first-order chi connectivity index (χ1) is 12.8. The van der Waals surface area contributed by atoms with Crippen LogP contribution in [0.2, 0.25) is 0 Å². The highest BCUT2D eigenvalue weighted by Crippen LogP contribution is 2.40. The highest BCUT2D eigenvalue weighted by atomic mass is 16.7. The fraction of sp³-hybridized carbons (Fsp3) is 1.00. The van der Waals surface area contributed by atoms with Crippen LogP contribution in [0.15, 0.2) is 5.11 Å². The lowest BCUT2D eigenvalue weighted by atomic mass is 9.78. The van der Waals surface area contributed by atoms with Gasteiger partial charge in [-0.2, -0.15) is 0 Å². The molecule has 0 amide bonds. The number of ether oxygens (including phenoxy) is 3. The third kappa shape index (κ3) is 4.37. The molecular formula is C18H32N4O5. The van der Waals surface area contributed by atoms with Crippen LogP contribution < -0.4 is 0 Å². The van der Waals surface area contributed by atoms with Gasteiger partial charge in [-0.05, 0) is 30.2 Å². The number of nitrogens with zero attached hydrogens (tertiary/aromatic N) is 4. The average Bonchev–Trinajstić information content (AvgIpc) is 2.64. The minimum absolute atomic E-state index is 0.112. The van der Waals surface area contributed by atoms with E-state index in [-0.39, 0.29) is 17.9 Å². The van der Waals surface area contributed by atoms with Gasteiger partial charge in [-0.3, -0.25) is 10.1 Å². The lowest BCUT2D eigenvalue weighted by molar-refractivity contribution is -0.593. The Hall–Kier alpha value is -1.41. The topological polar surface area (TPSA) is 120 Å². The molecule has 0 bridgehead atoms. The van der Waals surface area contributed by atoms with E-state index in [1.54, 1.807) is 0 Å². The van der Waals surface area contributed by atoms with Crippen molar-refractivity contribution in [3.05, 3.63) is 20.6 Å². The third-order valence-electron chi connectivity index (χ3n) is 6.50. The Bertz CT molecular complexity index is 568. The van der Waals surface area contributed by atoms with Gasteiger partial charge in [-0.25, -0.2) is 0 Å². The molecule has 4 unspecified atom stereocenters. The molecule has 154 valence electrons. The average molecular weight is 384 g/mol. The molecule has 27 heavy (non-hydrogen) atoms. The maximum atomic E-state index is 11.4. The van der Waals surface area contributed by atoms with Crippen molar-refractivity contribution in [1.82, 2.24) is 0 Å². The van der Waals surface area contributed by atoms with E-state index < -0.39 is 35.7 Å². The second-order valence-corrected chi connectivity index (χ2v) is 7.94. The molecule has 9 nitrogen and oxygen atoms in total. The van der Waals surface area contributed by atoms with E-state index in [4.69, 9.17) is 19.7 Å². The van der Waals surface area contributed by atoms with E-state index in [1.165, 1.54) is 0 Å². The van der Waals surface area contributed by atoms with Crippen LogP contribution in [-0.4, -0.2) is 41.8 Å². The van der Waals surface area contributed by atoms with Crippen LogP contribution in [0.4, 0.5) is 0 Å².